The van der Waals surface area contributed by atoms with Gasteiger partial charge in [0.25, 0.3) is 5.91 Å². The first-order chi connectivity index (χ1) is 8.70. The Hall–Kier alpha value is -1.40. The minimum absolute atomic E-state index is 0.0544. The number of hydrogen-bond donors (Lipinski definition) is 1. The maximum Gasteiger partial charge on any atom is 0.289 e. The molecular weight excluding hydrogens is 234 g/mol. The summed E-state index contributed by atoms with van der Waals surface area (Å²) in [6, 6.07) is 0. The summed E-state index contributed by atoms with van der Waals surface area (Å²) in [4.78, 5) is 21.0. The molecule has 1 aliphatic rings. The number of ether oxygens (including phenoxy) is 2. The SMILES string of the molecule is COCC[C@H]1CN(C(=O)c2ncc(C)[nH]2)CCO1. The largest absolute Gasteiger partial charge is 0.385 e. The third-order valence-corrected chi connectivity index (χ3v) is 2.98. The Balaban J connectivity index is 1.94. The van der Waals surface area contributed by atoms with Gasteiger partial charge in [0.1, 0.15) is 0 Å². The molecule has 1 fully saturated rings. The number of nitrogens with zero attached hydrogens (tertiary/aromatic N) is 2. The Labute approximate surface area is 106 Å². The third-order valence-electron chi connectivity index (χ3n) is 2.98. The van der Waals surface area contributed by atoms with E-state index in [9.17, 15) is 4.79 Å². The highest BCUT2D eigenvalue weighted by Gasteiger charge is 2.26. The Kier molecular flexibility index (Phi) is 4.33. The van der Waals surface area contributed by atoms with Crippen LogP contribution in [0.1, 0.15) is 22.7 Å². The predicted octanol–water partition coefficient (Wildman–Crippen LogP) is 0.596. The first-order valence-electron chi connectivity index (χ1n) is 6.12. The summed E-state index contributed by atoms with van der Waals surface area (Å²) < 4.78 is 10.6. The van der Waals surface area contributed by atoms with Crippen LogP contribution in [-0.4, -0.2) is 60.3 Å². The van der Waals surface area contributed by atoms with E-state index < -0.39 is 0 Å². The molecule has 1 amide bonds. The lowest BCUT2D eigenvalue weighted by molar-refractivity contribution is -0.0335. The van der Waals surface area contributed by atoms with Gasteiger partial charge in [-0.05, 0) is 13.3 Å². The van der Waals surface area contributed by atoms with Gasteiger partial charge in [-0.15, -0.1) is 0 Å². The first-order valence-corrected chi connectivity index (χ1v) is 6.12. The summed E-state index contributed by atoms with van der Waals surface area (Å²) in [5, 5.41) is 0. The van der Waals surface area contributed by atoms with Gasteiger partial charge in [0, 0.05) is 38.7 Å². The number of morpholine rings is 1. The Bertz CT molecular complexity index is 405. The lowest BCUT2D eigenvalue weighted by atomic mass is 10.2. The maximum atomic E-state index is 12.2. The van der Waals surface area contributed by atoms with Gasteiger partial charge in [0.15, 0.2) is 5.82 Å². The number of nitrogens with one attached hydrogen (secondary N) is 1. The van der Waals surface area contributed by atoms with Crippen molar-refractivity contribution in [1.82, 2.24) is 14.9 Å². The van der Waals surface area contributed by atoms with Crippen LogP contribution in [0.5, 0.6) is 0 Å². The molecular formula is C12H19N3O3. The molecule has 1 N–H and O–H groups in total. The molecule has 2 heterocycles. The average molecular weight is 253 g/mol. The fourth-order valence-electron chi connectivity index (χ4n) is 2.00. The van der Waals surface area contributed by atoms with Crippen molar-refractivity contribution in [1.29, 1.82) is 0 Å². The van der Waals surface area contributed by atoms with E-state index in [1.807, 2.05) is 6.92 Å². The highest BCUT2D eigenvalue weighted by molar-refractivity contribution is 5.90. The molecule has 1 aromatic heterocycles. The lowest BCUT2D eigenvalue weighted by Crippen LogP contribution is -2.46. The smallest absolute Gasteiger partial charge is 0.289 e. The molecule has 100 valence electrons. The fourth-order valence-corrected chi connectivity index (χ4v) is 2.00. The molecule has 1 atom stereocenters. The number of hydrogen-bond acceptors (Lipinski definition) is 4. The molecule has 0 bridgehead atoms. The topological polar surface area (TPSA) is 67.5 Å². The molecule has 0 saturated carbocycles. The van der Waals surface area contributed by atoms with Crippen LogP contribution < -0.4 is 0 Å². The monoisotopic (exact) mass is 253 g/mol. The molecule has 0 aromatic carbocycles. The van der Waals surface area contributed by atoms with E-state index in [2.05, 4.69) is 9.97 Å². The predicted molar refractivity (Wildman–Crippen MR) is 65.5 cm³/mol. The zero-order valence-electron chi connectivity index (χ0n) is 10.8. The van der Waals surface area contributed by atoms with Crippen molar-refractivity contribution in [3.8, 4) is 0 Å². The van der Waals surface area contributed by atoms with Crippen LogP contribution in [0.3, 0.4) is 0 Å². The maximum absolute atomic E-state index is 12.2. The average Bonchev–Trinajstić information content (AvgIpc) is 2.82. The van der Waals surface area contributed by atoms with E-state index in [4.69, 9.17) is 9.47 Å². The molecule has 0 spiro atoms. The van der Waals surface area contributed by atoms with Crippen LogP contribution in [0, 0.1) is 6.92 Å². The molecule has 1 saturated heterocycles. The highest BCUT2D eigenvalue weighted by Crippen LogP contribution is 2.11. The van der Waals surface area contributed by atoms with E-state index in [0.717, 1.165) is 12.1 Å². The molecule has 0 radical (unpaired) electrons. The number of methoxy groups -OCH3 is 1. The summed E-state index contributed by atoms with van der Waals surface area (Å²) in [5.74, 6) is 0.341. The van der Waals surface area contributed by atoms with E-state index in [1.165, 1.54) is 0 Å². The Morgan fingerprint density at radius 1 is 1.72 bits per heavy atom. The summed E-state index contributed by atoms with van der Waals surface area (Å²) in [5.41, 5.74) is 0.891. The molecule has 1 aliphatic heterocycles. The van der Waals surface area contributed by atoms with Crippen molar-refractivity contribution in [3.05, 3.63) is 17.7 Å². The number of carbonyl (C=O) groups excluding carboxylic acids is 1. The number of rotatable bonds is 4. The molecule has 2 rings (SSSR count). The standard InChI is InChI=1S/C12H19N3O3/c1-9-7-13-11(14-9)12(16)15-4-6-18-10(8-15)3-5-17-2/h7,10H,3-6,8H2,1-2H3,(H,13,14)/t10-/m0/s1. The molecule has 1 aromatic rings. The van der Waals surface area contributed by atoms with Crippen LogP contribution in [0.4, 0.5) is 0 Å². The summed E-state index contributed by atoms with van der Waals surface area (Å²) >= 11 is 0. The summed E-state index contributed by atoms with van der Waals surface area (Å²) in [7, 11) is 1.66. The normalized spacial score (nSPS) is 20.1. The van der Waals surface area contributed by atoms with Crippen LogP contribution >= 0.6 is 0 Å². The molecule has 18 heavy (non-hydrogen) atoms. The van der Waals surface area contributed by atoms with Gasteiger partial charge in [-0.3, -0.25) is 4.79 Å². The van der Waals surface area contributed by atoms with Gasteiger partial charge in [0.05, 0.1) is 12.7 Å². The minimum Gasteiger partial charge on any atom is -0.385 e. The van der Waals surface area contributed by atoms with Gasteiger partial charge in [-0.2, -0.15) is 0 Å². The van der Waals surface area contributed by atoms with Gasteiger partial charge < -0.3 is 19.4 Å². The fraction of sp³-hybridized carbons (Fsp3) is 0.667. The van der Waals surface area contributed by atoms with Crippen molar-refractivity contribution in [3.63, 3.8) is 0 Å². The highest BCUT2D eigenvalue weighted by atomic mass is 16.5. The van der Waals surface area contributed by atoms with Gasteiger partial charge in [0.2, 0.25) is 0 Å². The van der Waals surface area contributed by atoms with Crippen molar-refractivity contribution < 1.29 is 14.3 Å². The second-order valence-electron chi connectivity index (χ2n) is 4.44. The second kappa shape index (κ2) is 5.97. The zero-order chi connectivity index (χ0) is 13.0. The number of aryl methyl sites for hydroxylation is 1. The van der Waals surface area contributed by atoms with Gasteiger partial charge in [-0.25, -0.2) is 4.98 Å². The lowest BCUT2D eigenvalue weighted by Gasteiger charge is -2.32. The number of imidazole rings is 1. The van der Waals surface area contributed by atoms with Crippen molar-refractivity contribution in [2.24, 2.45) is 0 Å². The van der Waals surface area contributed by atoms with E-state index in [0.29, 0.717) is 32.1 Å². The summed E-state index contributed by atoms with van der Waals surface area (Å²) in [6.07, 6.45) is 2.52. The van der Waals surface area contributed by atoms with E-state index >= 15 is 0 Å². The quantitative estimate of drug-likeness (QED) is 0.853. The molecule has 0 unspecified atom stereocenters. The number of H-pyrrole nitrogens is 1. The number of aromatic amines is 1. The van der Waals surface area contributed by atoms with Crippen LogP contribution in [0.2, 0.25) is 0 Å². The molecule has 0 aliphatic carbocycles. The van der Waals surface area contributed by atoms with Crippen LogP contribution in [0.15, 0.2) is 6.20 Å². The molecule has 6 heteroatoms. The number of carbonyl (C=O) groups is 1. The minimum atomic E-state index is -0.0613. The van der Waals surface area contributed by atoms with E-state index in [1.54, 1.807) is 18.2 Å². The third kappa shape index (κ3) is 3.08. The number of aromatic nitrogens is 2. The van der Waals surface area contributed by atoms with E-state index in [-0.39, 0.29) is 12.0 Å². The van der Waals surface area contributed by atoms with Crippen molar-refractivity contribution >= 4 is 5.91 Å². The second-order valence-corrected chi connectivity index (χ2v) is 4.44. The molecule has 6 nitrogen and oxygen atoms in total. The van der Waals surface area contributed by atoms with Gasteiger partial charge >= 0.3 is 0 Å². The Morgan fingerprint density at radius 3 is 3.22 bits per heavy atom. The Morgan fingerprint density at radius 2 is 2.56 bits per heavy atom. The van der Waals surface area contributed by atoms with Crippen LogP contribution in [0.25, 0.3) is 0 Å². The number of amides is 1. The van der Waals surface area contributed by atoms with Crippen molar-refractivity contribution in [2.45, 2.75) is 19.4 Å². The van der Waals surface area contributed by atoms with Crippen LogP contribution in [-0.2, 0) is 9.47 Å². The first kappa shape index (κ1) is 13.0. The van der Waals surface area contributed by atoms with Crippen molar-refractivity contribution in [2.75, 3.05) is 33.4 Å². The van der Waals surface area contributed by atoms with Gasteiger partial charge in [-0.1, -0.05) is 0 Å². The zero-order valence-corrected chi connectivity index (χ0v) is 10.8. The summed E-state index contributed by atoms with van der Waals surface area (Å²) in [6.45, 7) is 4.31.